The van der Waals surface area contributed by atoms with E-state index < -0.39 is 0 Å². The number of nitrogens with one attached hydrogen (secondary N) is 3. The van der Waals surface area contributed by atoms with E-state index in [1.54, 1.807) is 0 Å². The molecule has 3 N–H and O–H groups in total. The Balaban J connectivity index is 0.000000293. The average molecular weight is 762 g/mol. The number of rotatable bonds is 11. The summed E-state index contributed by atoms with van der Waals surface area (Å²) in [5, 5.41) is 9.64. The Hall–Kier alpha value is -3.29. The molecule has 0 radical (unpaired) electrons. The summed E-state index contributed by atoms with van der Waals surface area (Å²) < 4.78 is 0. The first-order chi connectivity index (χ1) is 20.2. The van der Waals surface area contributed by atoms with Crippen molar-refractivity contribution in [1.82, 2.24) is 25.9 Å². The number of hydrogen-bond donors (Lipinski definition) is 3. The summed E-state index contributed by atoms with van der Waals surface area (Å²) in [4.78, 5) is 15.4. The monoisotopic (exact) mass is 761 g/mol. The Morgan fingerprint density at radius 1 is 0.651 bits per heavy atom. The van der Waals surface area contributed by atoms with Gasteiger partial charge in [0.25, 0.3) is 0 Å². The van der Waals surface area contributed by atoms with Crippen LogP contribution in [0.1, 0.15) is 16.7 Å². The Kier molecular flexibility index (Phi) is 14.8. The van der Waals surface area contributed by atoms with Crippen LogP contribution in [0, 0.1) is 12.1 Å². The molecule has 4 rings (SSSR count). The van der Waals surface area contributed by atoms with Crippen LogP contribution in [0.4, 0.5) is 17.1 Å². The molecule has 0 unspecified atom stereocenters. The van der Waals surface area contributed by atoms with Gasteiger partial charge in [0, 0.05) is 59.4 Å². The molecule has 0 atom stereocenters. The van der Waals surface area contributed by atoms with Crippen LogP contribution < -0.4 is 30.7 Å². The summed E-state index contributed by atoms with van der Waals surface area (Å²) in [6.07, 6.45) is 3.71. The van der Waals surface area contributed by atoms with Gasteiger partial charge in [-0.1, -0.05) is 12.1 Å². The minimum Gasteiger partial charge on any atom is -0.414 e. The molecule has 0 saturated heterocycles. The maximum Gasteiger partial charge on any atom is 2.00 e. The summed E-state index contributed by atoms with van der Waals surface area (Å²) in [6.45, 7) is 2.49. The van der Waals surface area contributed by atoms with Crippen LogP contribution in [0.3, 0.4) is 0 Å². The van der Waals surface area contributed by atoms with Crippen molar-refractivity contribution in [3.8, 4) is 22.5 Å². The van der Waals surface area contributed by atoms with Gasteiger partial charge >= 0.3 is 21.1 Å². The van der Waals surface area contributed by atoms with Crippen LogP contribution in [-0.4, -0.2) is 73.4 Å². The van der Waals surface area contributed by atoms with E-state index in [0.29, 0.717) is 0 Å². The Morgan fingerprint density at radius 3 is 1.86 bits per heavy atom. The van der Waals surface area contributed by atoms with Gasteiger partial charge < -0.3 is 40.6 Å². The van der Waals surface area contributed by atoms with Gasteiger partial charge in [-0.15, -0.1) is 58.7 Å². The minimum absolute atomic E-state index is 0. The van der Waals surface area contributed by atoms with E-state index in [9.17, 15) is 0 Å². The van der Waals surface area contributed by atoms with E-state index in [-0.39, 0.29) is 21.1 Å². The molecule has 43 heavy (non-hydrogen) atoms. The van der Waals surface area contributed by atoms with E-state index in [1.807, 2.05) is 71.9 Å². The molecule has 4 aromatic rings. The molecule has 2 aromatic carbocycles. The normalized spacial score (nSPS) is 10.3. The van der Waals surface area contributed by atoms with Crippen molar-refractivity contribution in [2.45, 2.75) is 19.6 Å². The van der Waals surface area contributed by atoms with Gasteiger partial charge in [0.2, 0.25) is 0 Å². The molecule has 2 aromatic heterocycles. The third kappa shape index (κ3) is 9.60. The minimum atomic E-state index is 0. The largest absolute Gasteiger partial charge is 2.00 e. The molecule has 0 aliphatic carbocycles. The predicted molar refractivity (Wildman–Crippen MR) is 178 cm³/mol. The molecule has 0 aliphatic heterocycles. The molecular formula is C34H46N8Pt. The fourth-order valence-corrected chi connectivity index (χ4v) is 4.78. The zero-order chi connectivity index (χ0) is 30.6. The number of pyridine rings is 2. The van der Waals surface area contributed by atoms with Crippen molar-refractivity contribution in [3.05, 3.63) is 89.7 Å². The molecule has 0 fully saturated rings. The van der Waals surface area contributed by atoms with Gasteiger partial charge in [-0.2, -0.15) is 0 Å². The second-order valence-electron chi connectivity index (χ2n) is 10.7. The second-order valence-corrected chi connectivity index (χ2v) is 10.7. The average Bonchev–Trinajstić information content (AvgIpc) is 2.98. The maximum atomic E-state index is 4.53. The topological polar surface area (TPSA) is 71.6 Å². The van der Waals surface area contributed by atoms with E-state index in [2.05, 4.69) is 105 Å². The van der Waals surface area contributed by atoms with Crippen molar-refractivity contribution >= 4 is 17.1 Å². The standard InChI is InChI=1S/2C17H23N4.Pt/c1-19(2)13-10-11-18-15(12-13)14-8-7-9-16(20(3)4)17(14)21(5)6;1-18-10-13-7-8-21-17(9-13)15-6-4-5-14(11-19-2)16(15)12-20-3;/h7,9-12H,1-6H3;4-5,7-9,18-20H,10-12H2,1-3H3;/q2*-1;+2. The smallest absolute Gasteiger partial charge is 0.414 e. The van der Waals surface area contributed by atoms with Crippen molar-refractivity contribution in [2.75, 3.05) is 78.1 Å². The van der Waals surface area contributed by atoms with Gasteiger partial charge in [-0.05, 0) is 82.2 Å². The summed E-state index contributed by atoms with van der Waals surface area (Å²) in [6, 6.07) is 23.1. The van der Waals surface area contributed by atoms with Crippen LogP contribution in [0.2, 0.25) is 0 Å². The summed E-state index contributed by atoms with van der Waals surface area (Å²) in [5.41, 5.74) is 11.2. The van der Waals surface area contributed by atoms with Gasteiger partial charge in [0.1, 0.15) is 0 Å². The third-order valence-electron chi connectivity index (χ3n) is 6.78. The van der Waals surface area contributed by atoms with E-state index in [4.69, 9.17) is 0 Å². The third-order valence-corrected chi connectivity index (χ3v) is 6.78. The van der Waals surface area contributed by atoms with Crippen molar-refractivity contribution in [1.29, 1.82) is 0 Å². The molecule has 8 nitrogen and oxygen atoms in total. The van der Waals surface area contributed by atoms with E-state index in [0.717, 1.165) is 59.2 Å². The number of hydrogen-bond acceptors (Lipinski definition) is 8. The number of nitrogens with zero attached hydrogens (tertiary/aromatic N) is 5. The Morgan fingerprint density at radius 2 is 1.26 bits per heavy atom. The number of benzene rings is 2. The zero-order valence-electron chi connectivity index (χ0n) is 26.9. The summed E-state index contributed by atoms with van der Waals surface area (Å²) in [7, 11) is 18.1. The Labute approximate surface area is 273 Å². The fourth-order valence-electron chi connectivity index (χ4n) is 4.78. The SMILES string of the molecule is CN(C)c1ccnc(-c2[c-]ccc(N(C)C)c2N(C)C)c1.CNCc1ccnc(-c2[c-]ccc(CNC)c2CNC)c1.[Pt+2]. The summed E-state index contributed by atoms with van der Waals surface area (Å²) in [5.74, 6) is 0. The van der Waals surface area contributed by atoms with Crippen molar-refractivity contribution < 1.29 is 21.1 Å². The fraction of sp³-hybridized carbons (Fsp3) is 0.353. The zero-order valence-corrected chi connectivity index (χ0v) is 29.2. The van der Waals surface area contributed by atoms with E-state index in [1.165, 1.54) is 16.7 Å². The van der Waals surface area contributed by atoms with E-state index >= 15 is 0 Å². The molecular weight excluding hydrogens is 716 g/mol. The van der Waals surface area contributed by atoms with Gasteiger partial charge in [0.15, 0.2) is 0 Å². The maximum absolute atomic E-state index is 4.53. The molecule has 0 saturated carbocycles. The number of aromatic nitrogens is 2. The van der Waals surface area contributed by atoms with Gasteiger partial charge in [-0.25, -0.2) is 0 Å². The molecule has 9 heteroatoms. The van der Waals surface area contributed by atoms with Crippen LogP contribution in [0.15, 0.2) is 60.9 Å². The molecule has 0 bridgehead atoms. The first kappa shape index (κ1) is 35.9. The second kappa shape index (κ2) is 17.7. The van der Waals surface area contributed by atoms with Crippen molar-refractivity contribution in [2.24, 2.45) is 0 Å². The van der Waals surface area contributed by atoms with Gasteiger partial charge in [0.05, 0.1) is 0 Å². The first-order valence-corrected chi connectivity index (χ1v) is 14.2. The van der Waals surface area contributed by atoms with Crippen LogP contribution in [-0.2, 0) is 40.7 Å². The molecule has 2 heterocycles. The Bertz CT molecular complexity index is 1420. The van der Waals surface area contributed by atoms with Crippen LogP contribution in [0.5, 0.6) is 0 Å². The van der Waals surface area contributed by atoms with Crippen LogP contribution >= 0.6 is 0 Å². The summed E-state index contributed by atoms with van der Waals surface area (Å²) >= 11 is 0. The molecule has 0 spiro atoms. The van der Waals surface area contributed by atoms with Crippen molar-refractivity contribution in [3.63, 3.8) is 0 Å². The molecule has 0 amide bonds. The molecule has 232 valence electrons. The van der Waals surface area contributed by atoms with Crippen LogP contribution in [0.25, 0.3) is 22.5 Å². The predicted octanol–water partition coefficient (Wildman–Crippen LogP) is 4.45. The molecule has 0 aliphatic rings. The van der Waals surface area contributed by atoms with Gasteiger partial charge in [-0.3, -0.25) is 0 Å². The number of anilines is 3. The first-order valence-electron chi connectivity index (χ1n) is 14.2. The quantitative estimate of drug-likeness (QED) is 0.194.